The molecule has 1 unspecified atom stereocenters. The van der Waals surface area contributed by atoms with Crippen LogP contribution in [-0.2, 0) is 6.54 Å². The minimum Gasteiger partial charge on any atom is -0.496 e. The van der Waals surface area contributed by atoms with Crippen molar-refractivity contribution in [3.63, 3.8) is 0 Å². The first-order chi connectivity index (χ1) is 13.3. The van der Waals surface area contributed by atoms with Crippen molar-refractivity contribution in [2.24, 2.45) is 0 Å². The molecule has 1 fully saturated rings. The Hall–Kier alpha value is -3.41. The number of nitrogens with one attached hydrogen (secondary N) is 1. The molecule has 0 aliphatic carbocycles. The highest BCUT2D eigenvalue weighted by Crippen LogP contribution is 2.35. The fraction of sp³-hybridized carbons (Fsp3) is 0.190. The number of urea groups is 1. The number of amides is 2. The van der Waals surface area contributed by atoms with Gasteiger partial charge in [-0.25, -0.2) is 4.79 Å². The lowest BCUT2D eigenvalue weighted by Gasteiger charge is -2.24. The first-order valence-corrected chi connectivity index (χ1v) is 8.78. The summed E-state index contributed by atoms with van der Waals surface area (Å²) in [6.45, 7) is 1.08. The Kier molecular flexibility index (Phi) is 4.70. The number of nitrogens with zero attached hydrogens (tertiary/aromatic N) is 3. The Morgan fingerprint density at radius 3 is 2.74 bits per heavy atom. The smallest absolute Gasteiger partial charge is 0.318 e. The molecule has 2 aromatic heterocycles. The summed E-state index contributed by atoms with van der Waals surface area (Å²) >= 11 is 0. The third-order valence-electron chi connectivity index (χ3n) is 4.76. The van der Waals surface area contributed by atoms with Crippen LogP contribution in [0.3, 0.4) is 0 Å². The largest absolute Gasteiger partial charge is 0.496 e. The minimum atomic E-state index is -0.0685. The Balaban J connectivity index is 1.64. The van der Waals surface area contributed by atoms with Crippen LogP contribution in [0.15, 0.2) is 67.3 Å². The van der Waals surface area contributed by atoms with E-state index in [4.69, 9.17) is 4.74 Å². The summed E-state index contributed by atoms with van der Waals surface area (Å²) < 4.78 is 5.63. The molecule has 1 N–H and O–H groups in total. The highest BCUT2D eigenvalue weighted by molar-refractivity contribution is 5.78. The van der Waals surface area contributed by atoms with Gasteiger partial charge in [-0.2, -0.15) is 0 Å². The lowest BCUT2D eigenvalue weighted by Crippen LogP contribution is -2.29. The topological polar surface area (TPSA) is 67.3 Å². The van der Waals surface area contributed by atoms with E-state index in [-0.39, 0.29) is 12.1 Å². The van der Waals surface area contributed by atoms with Crippen LogP contribution < -0.4 is 10.1 Å². The van der Waals surface area contributed by atoms with Gasteiger partial charge in [-0.15, -0.1) is 0 Å². The fourth-order valence-corrected chi connectivity index (χ4v) is 3.39. The van der Waals surface area contributed by atoms with E-state index in [9.17, 15) is 4.79 Å². The maximum Gasteiger partial charge on any atom is 0.318 e. The predicted octanol–water partition coefficient (Wildman–Crippen LogP) is 3.42. The number of benzene rings is 1. The number of pyridine rings is 2. The highest BCUT2D eigenvalue weighted by atomic mass is 16.5. The Bertz CT molecular complexity index is 931. The van der Waals surface area contributed by atoms with E-state index in [2.05, 4.69) is 21.4 Å². The van der Waals surface area contributed by atoms with E-state index in [1.807, 2.05) is 41.3 Å². The second kappa shape index (κ2) is 7.45. The van der Waals surface area contributed by atoms with Gasteiger partial charge in [-0.1, -0.05) is 18.2 Å². The quantitative estimate of drug-likeness (QED) is 0.757. The zero-order valence-corrected chi connectivity index (χ0v) is 15.0. The van der Waals surface area contributed by atoms with Gasteiger partial charge >= 0.3 is 6.03 Å². The van der Waals surface area contributed by atoms with Crippen LogP contribution in [-0.4, -0.2) is 34.6 Å². The summed E-state index contributed by atoms with van der Waals surface area (Å²) in [5, 5.41) is 2.94. The van der Waals surface area contributed by atoms with E-state index in [1.165, 1.54) is 0 Å². The number of carbonyl (C=O) groups is 1. The molecule has 6 heteroatoms. The molecule has 1 atom stereocenters. The van der Waals surface area contributed by atoms with Crippen molar-refractivity contribution in [3.05, 3.63) is 78.4 Å². The average molecular weight is 360 g/mol. The molecule has 3 aromatic rings. The molecule has 1 aromatic carbocycles. The van der Waals surface area contributed by atoms with Crippen molar-refractivity contribution < 1.29 is 9.53 Å². The number of aromatic nitrogens is 2. The van der Waals surface area contributed by atoms with Crippen molar-refractivity contribution >= 4 is 6.03 Å². The second-order valence-corrected chi connectivity index (χ2v) is 6.39. The Morgan fingerprint density at radius 1 is 1.15 bits per heavy atom. The normalized spacial score (nSPS) is 16.3. The lowest BCUT2D eigenvalue weighted by atomic mass is 9.99. The molecule has 27 heavy (non-hydrogen) atoms. The van der Waals surface area contributed by atoms with Crippen LogP contribution in [0.2, 0.25) is 0 Å². The van der Waals surface area contributed by atoms with Gasteiger partial charge in [-0.05, 0) is 41.0 Å². The van der Waals surface area contributed by atoms with E-state index < -0.39 is 0 Å². The number of hydrogen-bond donors (Lipinski definition) is 1. The summed E-state index contributed by atoms with van der Waals surface area (Å²) in [5.41, 5.74) is 4.08. The predicted molar refractivity (Wildman–Crippen MR) is 102 cm³/mol. The van der Waals surface area contributed by atoms with Gasteiger partial charge in [0.05, 0.1) is 13.2 Å². The SMILES string of the molecule is COc1cc(C2CNC(=O)N2Cc2cccnc2)ccc1-c1ccncc1. The van der Waals surface area contributed by atoms with Crippen LogP contribution >= 0.6 is 0 Å². The molecule has 136 valence electrons. The third-order valence-corrected chi connectivity index (χ3v) is 4.76. The van der Waals surface area contributed by atoms with Crippen LogP contribution in [0.5, 0.6) is 5.75 Å². The zero-order valence-electron chi connectivity index (χ0n) is 15.0. The molecule has 0 radical (unpaired) electrons. The van der Waals surface area contributed by atoms with E-state index in [1.54, 1.807) is 31.9 Å². The maximum absolute atomic E-state index is 12.4. The molecular formula is C21H20N4O2. The fourth-order valence-electron chi connectivity index (χ4n) is 3.39. The summed E-state index contributed by atoms with van der Waals surface area (Å²) in [5.74, 6) is 0.777. The Morgan fingerprint density at radius 2 is 2.00 bits per heavy atom. The second-order valence-electron chi connectivity index (χ2n) is 6.39. The van der Waals surface area contributed by atoms with Crippen LogP contribution in [0.1, 0.15) is 17.2 Å². The van der Waals surface area contributed by atoms with Gasteiger partial charge in [0.25, 0.3) is 0 Å². The Labute approximate surface area is 157 Å². The highest BCUT2D eigenvalue weighted by Gasteiger charge is 2.32. The minimum absolute atomic E-state index is 0.0573. The molecule has 0 saturated carbocycles. The van der Waals surface area contributed by atoms with Gasteiger partial charge in [0.1, 0.15) is 5.75 Å². The van der Waals surface area contributed by atoms with Crippen molar-refractivity contribution in [3.8, 4) is 16.9 Å². The zero-order chi connectivity index (χ0) is 18.6. The number of carbonyl (C=O) groups excluding carboxylic acids is 1. The van der Waals surface area contributed by atoms with Crippen molar-refractivity contribution in [1.29, 1.82) is 0 Å². The molecule has 2 amide bonds. The molecule has 1 aliphatic rings. The van der Waals surface area contributed by atoms with Crippen molar-refractivity contribution in [1.82, 2.24) is 20.2 Å². The third kappa shape index (κ3) is 3.46. The molecule has 1 saturated heterocycles. The molecular weight excluding hydrogens is 340 g/mol. The summed E-state index contributed by atoms with van der Waals surface area (Å²) in [4.78, 5) is 22.4. The summed E-state index contributed by atoms with van der Waals surface area (Å²) in [6.07, 6.45) is 7.04. The van der Waals surface area contributed by atoms with Gasteiger partial charge in [-0.3, -0.25) is 9.97 Å². The van der Waals surface area contributed by atoms with Crippen LogP contribution in [0.25, 0.3) is 11.1 Å². The lowest BCUT2D eigenvalue weighted by molar-refractivity contribution is 0.201. The molecule has 6 nitrogen and oxygen atoms in total. The number of methoxy groups -OCH3 is 1. The monoisotopic (exact) mass is 360 g/mol. The van der Waals surface area contributed by atoms with E-state index in [0.29, 0.717) is 13.1 Å². The van der Waals surface area contributed by atoms with Gasteiger partial charge in [0.15, 0.2) is 0 Å². The standard InChI is InChI=1S/C21H20N4O2/c1-27-20-11-17(4-5-18(20)16-6-9-22-10-7-16)19-13-24-21(26)25(19)14-15-3-2-8-23-12-15/h2-12,19H,13-14H2,1H3,(H,24,26). The maximum atomic E-state index is 12.4. The van der Waals surface area contributed by atoms with Crippen LogP contribution in [0, 0.1) is 0 Å². The molecule has 4 rings (SSSR count). The van der Waals surface area contributed by atoms with E-state index >= 15 is 0 Å². The first-order valence-electron chi connectivity index (χ1n) is 8.78. The van der Waals surface area contributed by atoms with Gasteiger partial charge in [0, 0.05) is 43.4 Å². The number of hydrogen-bond acceptors (Lipinski definition) is 4. The summed E-state index contributed by atoms with van der Waals surface area (Å²) in [6, 6.07) is 13.7. The van der Waals surface area contributed by atoms with Crippen LogP contribution in [0.4, 0.5) is 4.79 Å². The molecule has 3 heterocycles. The molecule has 0 spiro atoms. The van der Waals surface area contributed by atoms with Gasteiger partial charge in [0.2, 0.25) is 0 Å². The molecule has 0 bridgehead atoms. The molecule has 1 aliphatic heterocycles. The number of ether oxygens (including phenoxy) is 1. The van der Waals surface area contributed by atoms with E-state index in [0.717, 1.165) is 28.0 Å². The van der Waals surface area contributed by atoms with Crippen molar-refractivity contribution in [2.45, 2.75) is 12.6 Å². The van der Waals surface area contributed by atoms with Gasteiger partial charge < -0.3 is 15.0 Å². The van der Waals surface area contributed by atoms with Crippen molar-refractivity contribution in [2.75, 3.05) is 13.7 Å². The number of rotatable bonds is 5. The average Bonchev–Trinajstić information content (AvgIpc) is 3.09. The first kappa shape index (κ1) is 17.0. The summed E-state index contributed by atoms with van der Waals surface area (Å²) in [7, 11) is 1.66.